The second-order valence-corrected chi connectivity index (χ2v) is 7.13. The van der Waals surface area contributed by atoms with Gasteiger partial charge in [-0.1, -0.05) is 55.0 Å². The summed E-state index contributed by atoms with van der Waals surface area (Å²) in [5.74, 6) is -0.168. The Kier molecular flexibility index (Phi) is 5.39. The Morgan fingerprint density at radius 1 is 1.12 bits per heavy atom. The summed E-state index contributed by atoms with van der Waals surface area (Å²) in [6.07, 6.45) is 0. The van der Waals surface area contributed by atoms with Crippen molar-refractivity contribution in [2.45, 2.75) is 33.1 Å². The average molecular weight is 372 g/mol. The van der Waals surface area contributed by atoms with Crippen LogP contribution in [0.2, 0.25) is 0 Å². The van der Waals surface area contributed by atoms with E-state index in [4.69, 9.17) is 4.74 Å². The highest BCUT2D eigenvalue weighted by molar-refractivity contribution is 7.13. The summed E-state index contributed by atoms with van der Waals surface area (Å²) in [6, 6.07) is 13.3. The molecule has 0 bridgehead atoms. The third-order valence-corrected chi connectivity index (χ3v) is 4.90. The molecule has 0 fully saturated rings. The van der Waals surface area contributed by atoms with Crippen molar-refractivity contribution in [3.63, 3.8) is 0 Å². The van der Waals surface area contributed by atoms with Gasteiger partial charge in [-0.15, -0.1) is 11.3 Å². The number of benzene rings is 1. The van der Waals surface area contributed by atoms with E-state index in [1.807, 2.05) is 61.7 Å². The van der Waals surface area contributed by atoms with Crippen LogP contribution in [0.15, 0.2) is 57.4 Å². The summed E-state index contributed by atoms with van der Waals surface area (Å²) in [6.45, 7) is 3.96. The molecule has 0 atom stereocenters. The van der Waals surface area contributed by atoms with Gasteiger partial charge in [0.15, 0.2) is 0 Å². The van der Waals surface area contributed by atoms with E-state index in [0.29, 0.717) is 17.9 Å². The highest BCUT2D eigenvalue weighted by Crippen LogP contribution is 2.29. The molecule has 26 heavy (non-hydrogen) atoms. The molecule has 0 saturated carbocycles. The van der Waals surface area contributed by atoms with E-state index < -0.39 is 11.2 Å². The average Bonchev–Trinajstić information content (AvgIpc) is 3.16. The Morgan fingerprint density at radius 3 is 2.46 bits per heavy atom. The predicted molar refractivity (Wildman–Crippen MR) is 101 cm³/mol. The molecule has 0 spiro atoms. The molecule has 136 valence electrons. The summed E-state index contributed by atoms with van der Waals surface area (Å²) in [7, 11) is 0. The fourth-order valence-corrected chi connectivity index (χ4v) is 3.60. The molecule has 0 unspecified atom stereocenters. The quantitative estimate of drug-likeness (QED) is 0.674. The minimum Gasteiger partial charge on any atom is -0.421 e. The molecular formula is C19H20N2O4S. The molecule has 3 aromatic rings. The van der Waals surface area contributed by atoms with Gasteiger partial charge in [0.1, 0.15) is 6.73 Å². The van der Waals surface area contributed by atoms with Crippen molar-refractivity contribution in [3.8, 4) is 10.6 Å². The topological polar surface area (TPSA) is 73.5 Å². The molecule has 0 aliphatic carbocycles. The van der Waals surface area contributed by atoms with Crippen LogP contribution in [-0.4, -0.2) is 14.5 Å². The van der Waals surface area contributed by atoms with Crippen molar-refractivity contribution in [2.24, 2.45) is 0 Å². The molecule has 0 aliphatic rings. The Labute approximate surface area is 154 Å². The number of hydrogen-bond donors (Lipinski definition) is 1. The number of rotatable bonds is 6. The van der Waals surface area contributed by atoms with Crippen LogP contribution in [0.1, 0.15) is 30.9 Å². The lowest BCUT2D eigenvalue weighted by atomic mass is 10.0. The van der Waals surface area contributed by atoms with Crippen LogP contribution < -0.4 is 11.2 Å². The summed E-state index contributed by atoms with van der Waals surface area (Å²) < 4.78 is 7.17. The van der Waals surface area contributed by atoms with E-state index in [-0.39, 0.29) is 17.4 Å². The molecule has 0 radical (unpaired) electrons. The third kappa shape index (κ3) is 3.49. The van der Waals surface area contributed by atoms with Crippen molar-refractivity contribution in [2.75, 3.05) is 0 Å². The first-order chi connectivity index (χ1) is 12.5. The van der Waals surface area contributed by atoms with Gasteiger partial charge in [-0.05, 0) is 22.9 Å². The van der Waals surface area contributed by atoms with Crippen LogP contribution in [0.3, 0.4) is 0 Å². The Morgan fingerprint density at radius 2 is 1.85 bits per heavy atom. The number of ether oxygens (including phenoxy) is 1. The fourth-order valence-electron chi connectivity index (χ4n) is 2.81. The lowest BCUT2D eigenvalue weighted by molar-refractivity contribution is 0.0532. The number of thiophene rings is 1. The Hall–Kier alpha value is -2.64. The lowest BCUT2D eigenvalue weighted by Crippen LogP contribution is -2.42. The van der Waals surface area contributed by atoms with Crippen LogP contribution in [-0.2, 0) is 18.1 Å². The molecular weight excluding hydrogens is 352 g/mol. The Bertz CT molecular complexity index is 989. The largest absolute Gasteiger partial charge is 0.421 e. The second-order valence-electron chi connectivity index (χ2n) is 6.19. The van der Waals surface area contributed by atoms with Gasteiger partial charge in [0.2, 0.25) is 0 Å². The smallest absolute Gasteiger partial charge is 0.366 e. The molecule has 0 amide bonds. The first-order valence-corrected chi connectivity index (χ1v) is 9.13. The highest BCUT2D eigenvalue weighted by Gasteiger charge is 2.23. The van der Waals surface area contributed by atoms with Gasteiger partial charge < -0.3 is 9.94 Å². The van der Waals surface area contributed by atoms with E-state index in [9.17, 15) is 14.8 Å². The standard InChI is InChI=1S/C19H20N2O4S/c1-13(2)16-17(15-9-6-10-26-15)20(19(23)21(24)18(16)22)12-25-11-14-7-4-3-5-8-14/h3-10,13,24H,11-12H2,1-2H3. The van der Waals surface area contributed by atoms with E-state index in [1.165, 1.54) is 15.9 Å². The van der Waals surface area contributed by atoms with E-state index >= 15 is 0 Å². The highest BCUT2D eigenvalue weighted by atomic mass is 32.1. The first-order valence-electron chi connectivity index (χ1n) is 8.25. The molecule has 7 heteroatoms. The molecule has 1 aromatic carbocycles. The normalized spacial score (nSPS) is 11.2. The van der Waals surface area contributed by atoms with Gasteiger partial charge >= 0.3 is 5.69 Å². The summed E-state index contributed by atoms with van der Waals surface area (Å²) >= 11 is 1.43. The van der Waals surface area contributed by atoms with Crippen LogP contribution in [0, 0.1) is 0 Å². The first kappa shape index (κ1) is 18.2. The SMILES string of the molecule is CC(C)c1c(-c2cccs2)n(COCc2ccccc2)c(=O)n(O)c1=O. The van der Waals surface area contributed by atoms with Gasteiger partial charge in [-0.3, -0.25) is 9.36 Å². The zero-order chi connectivity index (χ0) is 18.7. The van der Waals surface area contributed by atoms with Crippen molar-refractivity contribution < 1.29 is 9.94 Å². The van der Waals surface area contributed by atoms with Crippen LogP contribution in [0.5, 0.6) is 0 Å². The van der Waals surface area contributed by atoms with Crippen molar-refractivity contribution >= 4 is 11.3 Å². The molecule has 2 heterocycles. The summed E-state index contributed by atoms with van der Waals surface area (Å²) in [4.78, 5) is 25.8. The number of hydrogen-bond acceptors (Lipinski definition) is 5. The maximum atomic E-state index is 12.5. The summed E-state index contributed by atoms with van der Waals surface area (Å²) in [5.41, 5.74) is 0.365. The van der Waals surface area contributed by atoms with Crippen molar-refractivity contribution in [1.82, 2.24) is 9.30 Å². The number of aromatic nitrogens is 2. The molecule has 3 rings (SSSR count). The van der Waals surface area contributed by atoms with Gasteiger partial charge in [0, 0.05) is 5.56 Å². The molecule has 2 aromatic heterocycles. The molecule has 0 saturated heterocycles. The maximum absolute atomic E-state index is 12.5. The molecule has 1 N–H and O–H groups in total. The van der Waals surface area contributed by atoms with E-state index in [2.05, 4.69) is 0 Å². The van der Waals surface area contributed by atoms with Crippen LogP contribution in [0.4, 0.5) is 0 Å². The molecule has 6 nitrogen and oxygen atoms in total. The van der Waals surface area contributed by atoms with E-state index in [1.54, 1.807) is 0 Å². The zero-order valence-electron chi connectivity index (χ0n) is 14.6. The van der Waals surface area contributed by atoms with Crippen LogP contribution >= 0.6 is 11.3 Å². The zero-order valence-corrected chi connectivity index (χ0v) is 15.4. The Balaban J connectivity index is 2.05. The minimum atomic E-state index is -0.809. The van der Waals surface area contributed by atoms with E-state index in [0.717, 1.165) is 10.4 Å². The van der Waals surface area contributed by atoms with Crippen LogP contribution in [0.25, 0.3) is 10.6 Å². The third-order valence-electron chi connectivity index (χ3n) is 4.02. The maximum Gasteiger partial charge on any atom is 0.366 e. The predicted octanol–water partition coefficient (Wildman–Crippen LogP) is 3.27. The monoisotopic (exact) mass is 372 g/mol. The minimum absolute atomic E-state index is 0.0679. The van der Waals surface area contributed by atoms with Crippen molar-refractivity contribution in [3.05, 3.63) is 79.8 Å². The van der Waals surface area contributed by atoms with Gasteiger partial charge in [0.25, 0.3) is 5.56 Å². The van der Waals surface area contributed by atoms with Gasteiger partial charge in [0.05, 0.1) is 17.2 Å². The lowest BCUT2D eigenvalue weighted by Gasteiger charge is -2.18. The summed E-state index contributed by atoms with van der Waals surface area (Å²) in [5, 5.41) is 11.9. The fraction of sp³-hybridized carbons (Fsp3) is 0.263. The van der Waals surface area contributed by atoms with Crippen molar-refractivity contribution in [1.29, 1.82) is 0 Å². The molecule has 0 aliphatic heterocycles. The van der Waals surface area contributed by atoms with Gasteiger partial charge in [-0.2, -0.15) is 0 Å². The van der Waals surface area contributed by atoms with Gasteiger partial charge in [-0.25, -0.2) is 4.79 Å². The number of nitrogens with zero attached hydrogens (tertiary/aromatic N) is 2. The second kappa shape index (κ2) is 7.72.